The van der Waals surface area contributed by atoms with Crippen molar-refractivity contribution in [2.24, 2.45) is 0 Å². The standard InChI is InChI=1S/C22H20N4O/c1-15-18-7-10-23-22(18)24-14-20(15)26-11-8-17(9-12-26)21-13-19(25-27-21)16-5-3-2-4-6-16/h2-8,10,13-14H,9,11-12H2,1H3,(H,23,24). The zero-order valence-corrected chi connectivity index (χ0v) is 15.1. The summed E-state index contributed by atoms with van der Waals surface area (Å²) in [6.45, 7) is 3.94. The first kappa shape index (κ1) is 15.9. The summed E-state index contributed by atoms with van der Waals surface area (Å²) in [5.41, 5.74) is 6.58. The van der Waals surface area contributed by atoms with Crippen LogP contribution in [0.2, 0.25) is 0 Å². The molecule has 27 heavy (non-hydrogen) atoms. The van der Waals surface area contributed by atoms with Gasteiger partial charge in [-0.2, -0.15) is 0 Å². The Balaban J connectivity index is 1.38. The molecule has 0 saturated carbocycles. The van der Waals surface area contributed by atoms with Crippen LogP contribution in [0.1, 0.15) is 17.7 Å². The molecule has 1 aromatic carbocycles. The lowest BCUT2D eigenvalue weighted by molar-refractivity contribution is 0.410. The molecule has 0 aliphatic carbocycles. The third kappa shape index (κ3) is 2.81. The van der Waals surface area contributed by atoms with Crippen molar-refractivity contribution in [3.05, 3.63) is 72.3 Å². The van der Waals surface area contributed by atoms with Gasteiger partial charge in [0.2, 0.25) is 0 Å². The lowest BCUT2D eigenvalue weighted by Crippen LogP contribution is -2.28. The van der Waals surface area contributed by atoms with Crippen LogP contribution in [0.15, 0.2) is 65.5 Å². The number of hydrogen-bond acceptors (Lipinski definition) is 4. The van der Waals surface area contributed by atoms with E-state index in [-0.39, 0.29) is 0 Å². The van der Waals surface area contributed by atoms with Crippen LogP contribution >= 0.6 is 0 Å². The van der Waals surface area contributed by atoms with Crippen LogP contribution in [0.25, 0.3) is 27.9 Å². The molecule has 3 aromatic heterocycles. The predicted molar refractivity (Wildman–Crippen MR) is 108 cm³/mol. The summed E-state index contributed by atoms with van der Waals surface area (Å²) in [5.74, 6) is 0.865. The van der Waals surface area contributed by atoms with Crippen molar-refractivity contribution < 1.29 is 4.52 Å². The molecule has 4 heterocycles. The van der Waals surface area contributed by atoms with Crippen LogP contribution < -0.4 is 4.90 Å². The molecule has 0 bridgehead atoms. The van der Waals surface area contributed by atoms with Gasteiger partial charge in [-0.3, -0.25) is 0 Å². The maximum atomic E-state index is 5.62. The molecule has 0 amide bonds. The first-order valence-electron chi connectivity index (χ1n) is 9.19. The van der Waals surface area contributed by atoms with Crippen LogP contribution in [0.4, 0.5) is 5.69 Å². The Morgan fingerprint density at radius 1 is 1.15 bits per heavy atom. The SMILES string of the molecule is Cc1c(N2CC=C(c3cc(-c4ccccc4)no3)CC2)cnc2[nH]ccc12. The van der Waals surface area contributed by atoms with Crippen LogP contribution in [-0.2, 0) is 0 Å². The van der Waals surface area contributed by atoms with Crippen molar-refractivity contribution in [3.8, 4) is 11.3 Å². The van der Waals surface area contributed by atoms with E-state index >= 15 is 0 Å². The fourth-order valence-electron chi connectivity index (χ4n) is 3.73. The average Bonchev–Trinajstić information content (AvgIpc) is 3.39. The van der Waals surface area contributed by atoms with Gasteiger partial charge in [0, 0.05) is 36.3 Å². The Kier molecular flexibility index (Phi) is 3.78. The lowest BCUT2D eigenvalue weighted by Gasteiger charge is -2.29. The van der Waals surface area contributed by atoms with E-state index in [0.717, 1.165) is 42.2 Å². The summed E-state index contributed by atoms with van der Waals surface area (Å²) >= 11 is 0. The number of aromatic nitrogens is 3. The minimum atomic E-state index is 0.842. The van der Waals surface area contributed by atoms with Crippen molar-refractivity contribution in [2.75, 3.05) is 18.0 Å². The van der Waals surface area contributed by atoms with Gasteiger partial charge in [-0.1, -0.05) is 41.6 Å². The topological polar surface area (TPSA) is 58.0 Å². The molecule has 0 fully saturated rings. The van der Waals surface area contributed by atoms with Crippen molar-refractivity contribution in [2.45, 2.75) is 13.3 Å². The largest absolute Gasteiger partial charge is 0.366 e. The van der Waals surface area contributed by atoms with Gasteiger partial charge >= 0.3 is 0 Å². The number of aryl methyl sites for hydroxylation is 1. The summed E-state index contributed by atoms with van der Waals surface area (Å²) in [6.07, 6.45) is 7.07. The maximum absolute atomic E-state index is 5.62. The molecule has 5 rings (SSSR count). The van der Waals surface area contributed by atoms with Crippen LogP contribution in [-0.4, -0.2) is 28.2 Å². The van der Waals surface area contributed by atoms with Gasteiger partial charge in [0.15, 0.2) is 5.76 Å². The van der Waals surface area contributed by atoms with Gasteiger partial charge in [-0.05, 0) is 30.5 Å². The van der Waals surface area contributed by atoms with E-state index in [1.54, 1.807) is 0 Å². The maximum Gasteiger partial charge on any atom is 0.163 e. The van der Waals surface area contributed by atoms with Gasteiger partial charge in [-0.15, -0.1) is 0 Å². The molecule has 5 heteroatoms. The van der Waals surface area contributed by atoms with E-state index in [4.69, 9.17) is 4.52 Å². The monoisotopic (exact) mass is 356 g/mol. The summed E-state index contributed by atoms with van der Waals surface area (Å²) in [7, 11) is 0. The Bertz CT molecular complexity index is 1120. The number of nitrogens with one attached hydrogen (secondary N) is 1. The van der Waals surface area contributed by atoms with E-state index in [9.17, 15) is 0 Å². The lowest BCUT2D eigenvalue weighted by atomic mass is 10.0. The molecule has 0 radical (unpaired) electrons. The molecule has 0 unspecified atom stereocenters. The quantitative estimate of drug-likeness (QED) is 0.572. The number of pyridine rings is 1. The van der Waals surface area contributed by atoms with Gasteiger partial charge in [0.1, 0.15) is 11.3 Å². The van der Waals surface area contributed by atoms with Crippen molar-refractivity contribution >= 4 is 22.3 Å². The Morgan fingerprint density at radius 3 is 2.85 bits per heavy atom. The van der Waals surface area contributed by atoms with E-state index in [1.807, 2.05) is 48.8 Å². The minimum Gasteiger partial charge on any atom is -0.366 e. The first-order valence-corrected chi connectivity index (χ1v) is 9.19. The molecule has 0 atom stereocenters. The number of aromatic amines is 1. The highest BCUT2D eigenvalue weighted by Crippen LogP contribution is 2.31. The molecule has 1 N–H and O–H groups in total. The second-order valence-electron chi connectivity index (χ2n) is 6.88. The smallest absolute Gasteiger partial charge is 0.163 e. The predicted octanol–water partition coefficient (Wildman–Crippen LogP) is 4.82. The van der Waals surface area contributed by atoms with E-state index in [0.29, 0.717) is 0 Å². The zero-order chi connectivity index (χ0) is 18.2. The number of fused-ring (bicyclic) bond motifs is 1. The number of H-pyrrole nitrogens is 1. The second-order valence-corrected chi connectivity index (χ2v) is 6.88. The molecule has 1 aliphatic heterocycles. The second kappa shape index (κ2) is 6.43. The van der Waals surface area contributed by atoms with Crippen molar-refractivity contribution in [1.29, 1.82) is 0 Å². The molecule has 134 valence electrons. The van der Waals surface area contributed by atoms with Crippen LogP contribution in [0, 0.1) is 6.92 Å². The molecular formula is C22H20N4O. The molecule has 4 aromatic rings. The van der Waals surface area contributed by atoms with Crippen molar-refractivity contribution in [3.63, 3.8) is 0 Å². The summed E-state index contributed by atoms with van der Waals surface area (Å²) in [6, 6.07) is 14.3. The van der Waals surface area contributed by atoms with Crippen molar-refractivity contribution in [1.82, 2.24) is 15.1 Å². The van der Waals surface area contributed by atoms with Gasteiger partial charge in [0.25, 0.3) is 0 Å². The highest BCUT2D eigenvalue weighted by Gasteiger charge is 2.19. The van der Waals surface area contributed by atoms with Gasteiger partial charge in [-0.25, -0.2) is 4.98 Å². The summed E-state index contributed by atoms with van der Waals surface area (Å²) < 4.78 is 5.62. The summed E-state index contributed by atoms with van der Waals surface area (Å²) in [5, 5.41) is 5.42. The third-order valence-electron chi connectivity index (χ3n) is 5.28. The molecule has 5 nitrogen and oxygen atoms in total. The number of nitrogens with zero attached hydrogens (tertiary/aromatic N) is 3. The first-order chi connectivity index (χ1) is 13.3. The number of anilines is 1. The Hall–Kier alpha value is -3.34. The highest BCUT2D eigenvalue weighted by atomic mass is 16.5. The summed E-state index contributed by atoms with van der Waals surface area (Å²) in [4.78, 5) is 10.1. The number of benzene rings is 1. The third-order valence-corrected chi connectivity index (χ3v) is 5.28. The number of rotatable bonds is 3. The minimum absolute atomic E-state index is 0.842. The average molecular weight is 356 g/mol. The van der Waals surface area contributed by atoms with Gasteiger partial charge in [0.05, 0.1) is 11.9 Å². The molecule has 0 saturated heterocycles. The zero-order valence-electron chi connectivity index (χ0n) is 15.1. The fraction of sp³-hybridized carbons (Fsp3) is 0.182. The fourth-order valence-corrected chi connectivity index (χ4v) is 3.73. The van der Waals surface area contributed by atoms with E-state index < -0.39 is 0 Å². The molecule has 1 aliphatic rings. The van der Waals surface area contributed by atoms with E-state index in [1.165, 1.54) is 22.2 Å². The normalized spacial score (nSPS) is 14.6. The molecular weight excluding hydrogens is 336 g/mol. The van der Waals surface area contributed by atoms with E-state index in [2.05, 4.69) is 39.1 Å². The highest BCUT2D eigenvalue weighted by molar-refractivity contribution is 5.84. The Labute approximate surface area is 157 Å². The number of hydrogen-bond donors (Lipinski definition) is 1. The van der Waals surface area contributed by atoms with Crippen LogP contribution in [0.5, 0.6) is 0 Å². The Morgan fingerprint density at radius 2 is 2.04 bits per heavy atom. The van der Waals surface area contributed by atoms with Crippen LogP contribution in [0.3, 0.4) is 0 Å². The molecule has 0 spiro atoms. The van der Waals surface area contributed by atoms with Gasteiger partial charge < -0.3 is 14.4 Å².